The van der Waals surface area contributed by atoms with Gasteiger partial charge in [-0.05, 0) is 18.2 Å². The first-order valence-corrected chi connectivity index (χ1v) is 7.08. The summed E-state index contributed by atoms with van der Waals surface area (Å²) in [5, 5.41) is 6.37. The van der Waals surface area contributed by atoms with E-state index in [4.69, 9.17) is 10.3 Å². The van der Waals surface area contributed by atoms with Gasteiger partial charge in [0.15, 0.2) is 5.82 Å². The molecule has 3 N–H and O–H groups in total. The van der Waals surface area contributed by atoms with Crippen LogP contribution in [-0.2, 0) is 11.2 Å². The van der Waals surface area contributed by atoms with Crippen molar-refractivity contribution in [1.82, 2.24) is 10.1 Å². The minimum atomic E-state index is -0.898. The highest BCUT2D eigenvalue weighted by molar-refractivity contribution is 5.96. The smallest absolute Gasteiger partial charge is 0.251 e. The number of amides is 2. The summed E-state index contributed by atoms with van der Waals surface area (Å²) in [5.74, 6) is -0.844. The molecule has 0 fully saturated rings. The number of carbonyl (C=O) groups excluding carboxylic acids is 2. The number of nitrogens with two attached hydrogens (primary N) is 1. The van der Waals surface area contributed by atoms with E-state index in [-0.39, 0.29) is 30.2 Å². The van der Waals surface area contributed by atoms with Gasteiger partial charge in [-0.1, -0.05) is 19.0 Å². The van der Waals surface area contributed by atoms with Gasteiger partial charge in [-0.15, -0.1) is 0 Å². The Morgan fingerprint density at radius 3 is 2.74 bits per heavy atom. The highest BCUT2D eigenvalue weighted by Gasteiger charge is 2.13. The van der Waals surface area contributed by atoms with Crippen LogP contribution in [0.1, 0.15) is 48.3 Å². The van der Waals surface area contributed by atoms with E-state index in [1.165, 1.54) is 12.1 Å². The summed E-state index contributed by atoms with van der Waals surface area (Å²) in [6, 6.07) is 3.62. The van der Waals surface area contributed by atoms with E-state index in [9.17, 15) is 14.0 Å². The highest BCUT2D eigenvalue weighted by atomic mass is 19.1. The molecule has 0 aliphatic carbocycles. The molecule has 1 aromatic heterocycles. The van der Waals surface area contributed by atoms with E-state index in [1.807, 2.05) is 13.8 Å². The molecular formula is C15H17FN4O3. The predicted molar refractivity (Wildman–Crippen MR) is 80.3 cm³/mol. The molecule has 2 aromatic rings. The number of nitrogens with one attached hydrogen (secondary N) is 1. The summed E-state index contributed by atoms with van der Waals surface area (Å²) in [7, 11) is 0. The molecule has 8 heteroatoms. The Labute approximate surface area is 132 Å². The standard InChI is InChI=1S/C15H17FN4O3/c1-8(2)15-19-13(23-20-15)6-5-12(21)18-9-3-4-11(16)10(7-9)14(17)22/h3-4,7-8H,5-6H2,1-2H3,(H2,17,22)(H,18,21). The van der Waals surface area contributed by atoms with Gasteiger partial charge in [0.1, 0.15) is 5.82 Å². The van der Waals surface area contributed by atoms with Crippen LogP contribution in [0.15, 0.2) is 22.7 Å². The third kappa shape index (κ3) is 4.35. The fourth-order valence-corrected chi connectivity index (χ4v) is 1.84. The molecule has 0 spiro atoms. The van der Waals surface area contributed by atoms with Crippen molar-refractivity contribution in [2.45, 2.75) is 32.6 Å². The second kappa shape index (κ2) is 6.99. The van der Waals surface area contributed by atoms with Gasteiger partial charge in [0.25, 0.3) is 5.91 Å². The quantitative estimate of drug-likeness (QED) is 0.845. The van der Waals surface area contributed by atoms with E-state index in [1.54, 1.807) is 0 Å². The van der Waals surface area contributed by atoms with Crippen LogP contribution in [-0.4, -0.2) is 22.0 Å². The summed E-state index contributed by atoms with van der Waals surface area (Å²) in [6.07, 6.45) is 0.401. The first-order chi connectivity index (χ1) is 10.9. The number of carbonyl (C=O) groups is 2. The van der Waals surface area contributed by atoms with Gasteiger partial charge in [0.2, 0.25) is 11.8 Å². The van der Waals surface area contributed by atoms with Gasteiger partial charge in [0.05, 0.1) is 5.56 Å². The SMILES string of the molecule is CC(C)c1noc(CCC(=O)Nc2ccc(F)c(C(N)=O)c2)n1. The predicted octanol–water partition coefficient (Wildman–Crippen LogP) is 2.00. The van der Waals surface area contributed by atoms with E-state index in [0.717, 1.165) is 6.07 Å². The van der Waals surface area contributed by atoms with Crippen LogP contribution < -0.4 is 11.1 Å². The second-order valence-corrected chi connectivity index (χ2v) is 5.31. The molecule has 0 unspecified atom stereocenters. The molecule has 122 valence electrons. The monoisotopic (exact) mass is 320 g/mol. The molecule has 0 bridgehead atoms. The highest BCUT2D eigenvalue weighted by Crippen LogP contribution is 2.15. The molecule has 0 saturated carbocycles. The van der Waals surface area contributed by atoms with Crippen LogP contribution >= 0.6 is 0 Å². The van der Waals surface area contributed by atoms with Gasteiger partial charge in [0, 0.05) is 24.4 Å². The van der Waals surface area contributed by atoms with Crippen molar-refractivity contribution in [1.29, 1.82) is 0 Å². The molecule has 23 heavy (non-hydrogen) atoms. The van der Waals surface area contributed by atoms with Crippen molar-refractivity contribution in [3.63, 3.8) is 0 Å². The minimum absolute atomic E-state index is 0.114. The third-order valence-electron chi connectivity index (χ3n) is 3.08. The molecule has 1 heterocycles. The lowest BCUT2D eigenvalue weighted by Gasteiger charge is -2.06. The van der Waals surface area contributed by atoms with E-state index >= 15 is 0 Å². The van der Waals surface area contributed by atoms with Crippen LogP contribution in [0.2, 0.25) is 0 Å². The number of primary amides is 1. The summed E-state index contributed by atoms with van der Waals surface area (Å²) in [6.45, 7) is 3.87. The van der Waals surface area contributed by atoms with Gasteiger partial charge >= 0.3 is 0 Å². The molecule has 0 aliphatic rings. The Kier molecular flexibility index (Phi) is 5.05. The van der Waals surface area contributed by atoms with E-state index in [2.05, 4.69) is 15.5 Å². The van der Waals surface area contributed by atoms with Crippen LogP contribution in [0.3, 0.4) is 0 Å². The normalized spacial score (nSPS) is 10.8. The number of aryl methyl sites for hydroxylation is 1. The van der Waals surface area contributed by atoms with Crippen molar-refractivity contribution in [2.24, 2.45) is 5.73 Å². The lowest BCUT2D eigenvalue weighted by atomic mass is 10.1. The fraction of sp³-hybridized carbons (Fsp3) is 0.333. The van der Waals surface area contributed by atoms with Crippen molar-refractivity contribution in [3.05, 3.63) is 41.3 Å². The molecule has 0 aliphatic heterocycles. The number of halogens is 1. The lowest BCUT2D eigenvalue weighted by Crippen LogP contribution is -2.16. The topological polar surface area (TPSA) is 111 Å². The molecule has 7 nitrogen and oxygen atoms in total. The minimum Gasteiger partial charge on any atom is -0.366 e. The van der Waals surface area contributed by atoms with Crippen LogP contribution in [0.25, 0.3) is 0 Å². The number of hydrogen-bond donors (Lipinski definition) is 2. The maximum atomic E-state index is 13.4. The first kappa shape index (κ1) is 16.6. The van der Waals surface area contributed by atoms with Gasteiger partial charge < -0.3 is 15.6 Å². The van der Waals surface area contributed by atoms with Crippen molar-refractivity contribution >= 4 is 17.5 Å². The Hall–Kier alpha value is -2.77. The van der Waals surface area contributed by atoms with Crippen LogP contribution in [0.5, 0.6) is 0 Å². The summed E-state index contributed by atoms with van der Waals surface area (Å²) in [5.41, 5.74) is 5.07. The summed E-state index contributed by atoms with van der Waals surface area (Å²) >= 11 is 0. The summed E-state index contributed by atoms with van der Waals surface area (Å²) < 4.78 is 18.4. The Balaban J connectivity index is 1.94. The Morgan fingerprint density at radius 2 is 2.13 bits per heavy atom. The maximum Gasteiger partial charge on any atom is 0.251 e. The number of aromatic nitrogens is 2. The van der Waals surface area contributed by atoms with E-state index in [0.29, 0.717) is 17.4 Å². The maximum absolute atomic E-state index is 13.4. The number of hydrogen-bond acceptors (Lipinski definition) is 5. The van der Waals surface area contributed by atoms with Crippen molar-refractivity contribution < 1.29 is 18.5 Å². The Bertz CT molecular complexity index is 727. The first-order valence-electron chi connectivity index (χ1n) is 7.08. The zero-order valence-corrected chi connectivity index (χ0v) is 12.8. The van der Waals surface area contributed by atoms with Crippen LogP contribution in [0.4, 0.5) is 10.1 Å². The number of rotatable bonds is 6. The fourth-order valence-electron chi connectivity index (χ4n) is 1.84. The lowest BCUT2D eigenvalue weighted by molar-refractivity contribution is -0.116. The van der Waals surface area contributed by atoms with Crippen molar-refractivity contribution in [2.75, 3.05) is 5.32 Å². The average Bonchev–Trinajstić information content (AvgIpc) is 2.96. The van der Waals surface area contributed by atoms with Crippen molar-refractivity contribution in [3.8, 4) is 0 Å². The molecule has 2 amide bonds. The average molecular weight is 320 g/mol. The number of nitrogens with zero attached hydrogens (tertiary/aromatic N) is 2. The van der Waals surface area contributed by atoms with Gasteiger partial charge in [-0.2, -0.15) is 4.98 Å². The molecule has 1 aromatic carbocycles. The molecule has 0 saturated heterocycles. The van der Waals surface area contributed by atoms with Crippen LogP contribution in [0, 0.1) is 5.82 Å². The van der Waals surface area contributed by atoms with E-state index < -0.39 is 11.7 Å². The Morgan fingerprint density at radius 1 is 1.39 bits per heavy atom. The van der Waals surface area contributed by atoms with Gasteiger partial charge in [-0.25, -0.2) is 4.39 Å². The largest absolute Gasteiger partial charge is 0.366 e. The zero-order valence-electron chi connectivity index (χ0n) is 12.8. The third-order valence-corrected chi connectivity index (χ3v) is 3.08. The summed E-state index contributed by atoms with van der Waals surface area (Å²) in [4.78, 5) is 27.1. The molecule has 2 rings (SSSR count). The molecule has 0 atom stereocenters. The molecular weight excluding hydrogens is 303 g/mol. The number of benzene rings is 1. The van der Waals surface area contributed by atoms with Gasteiger partial charge in [-0.3, -0.25) is 9.59 Å². The molecule has 0 radical (unpaired) electrons. The second-order valence-electron chi connectivity index (χ2n) is 5.31. The zero-order chi connectivity index (χ0) is 17.0. The number of anilines is 1.